The predicted molar refractivity (Wildman–Crippen MR) is 71.7 cm³/mol. The summed E-state index contributed by atoms with van der Waals surface area (Å²) in [5.41, 5.74) is -2.83. The van der Waals surface area contributed by atoms with Crippen LogP contribution in [0.25, 0.3) is 11.3 Å². The predicted octanol–water partition coefficient (Wildman–Crippen LogP) is 4.77. The van der Waals surface area contributed by atoms with Gasteiger partial charge in [0.2, 0.25) is 0 Å². The van der Waals surface area contributed by atoms with E-state index in [2.05, 4.69) is 4.98 Å². The van der Waals surface area contributed by atoms with Gasteiger partial charge in [-0.2, -0.15) is 13.2 Å². The number of halogens is 5. The first kappa shape index (κ1) is 15.6. The molecule has 0 saturated heterocycles. The molecule has 8 heteroatoms. The number of aromatic nitrogens is 1. The molecule has 1 N–H and O–H groups in total. The smallest absolute Gasteiger partial charge is 0.419 e. The first-order valence-electron chi connectivity index (χ1n) is 5.46. The van der Waals surface area contributed by atoms with E-state index in [0.717, 1.165) is 12.3 Å². The first-order chi connectivity index (χ1) is 9.71. The molecule has 0 aliphatic rings. The van der Waals surface area contributed by atoms with Gasteiger partial charge in [0, 0.05) is 16.8 Å². The first-order valence-corrected chi connectivity index (χ1v) is 6.22. The molecular weight excluding hydrogens is 330 g/mol. The zero-order chi connectivity index (χ0) is 15.8. The van der Waals surface area contributed by atoms with Crippen LogP contribution < -0.4 is 0 Å². The van der Waals surface area contributed by atoms with Gasteiger partial charge in [0.25, 0.3) is 0 Å². The van der Waals surface area contributed by atoms with Gasteiger partial charge in [0.1, 0.15) is 0 Å². The molecule has 0 unspecified atom stereocenters. The Bertz CT molecular complexity index is 717. The molecule has 0 atom stereocenters. The molecular formula is C13H6Cl2F3NO2. The summed E-state index contributed by atoms with van der Waals surface area (Å²) in [6, 6.07) is 4.65. The second-order valence-electron chi connectivity index (χ2n) is 4.01. The molecule has 1 aromatic heterocycles. The van der Waals surface area contributed by atoms with Crippen LogP contribution in [0.5, 0.6) is 0 Å². The van der Waals surface area contributed by atoms with Crippen molar-refractivity contribution in [2.45, 2.75) is 6.18 Å². The Balaban J connectivity index is 2.80. The largest absolute Gasteiger partial charge is 0.478 e. The summed E-state index contributed by atoms with van der Waals surface area (Å²) in [7, 11) is 0. The highest BCUT2D eigenvalue weighted by atomic mass is 35.5. The highest BCUT2D eigenvalue weighted by Crippen LogP contribution is 2.40. The minimum Gasteiger partial charge on any atom is -0.478 e. The third kappa shape index (κ3) is 3.11. The summed E-state index contributed by atoms with van der Waals surface area (Å²) < 4.78 is 39.6. The van der Waals surface area contributed by atoms with Crippen LogP contribution in [0.15, 0.2) is 30.5 Å². The van der Waals surface area contributed by atoms with Crippen LogP contribution in [-0.2, 0) is 6.18 Å². The average molecular weight is 336 g/mol. The third-order valence-corrected chi connectivity index (χ3v) is 3.20. The number of hydrogen-bond donors (Lipinski definition) is 1. The maximum absolute atomic E-state index is 13.2. The lowest BCUT2D eigenvalue weighted by atomic mass is 10.0. The van der Waals surface area contributed by atoms with E-state index in [4.69, 9.17) is 28.3 Å². The van der Waals surface area contributed by atoms with Crippen LogP contribution in [-0.4, -0.2) is 16.1 Å². The van der Waals surface area contributed by atoms with Gasteiger partial charge in [0.15, 0.2) is 0 Å². The fourth-order valence-corrected chi connectivity index (χ4v) is 2.31. The van der Waals surface area contributed by atoms with Gasteiger partial charge in [-0.05, 0) is 24.3 Å². The van der Waals surface area contributed by atoms with Crippen molar-refractivity contribution in [1.29, 1.82) is 0 Å². The standard InChI is InChI=1S/C13H6Cl2F3NO2/c14-6-1-2-7(9(15)5-6)11-10(13(16,17)18)8(12(20)21)3-4-19-11/h1-5H,(H,20,21). The number of carboxylic acid groups (broad SMARTS) is 1. The molecule has 110 valence electrons. The van der Waals surface area contributed by atoms with Gasteiger partial charge in [0.05, 0.1) is 21.8 Å². The van der Waals surface area contributed by atoms with E-state index in [9.17, 15) is 18.0 Å². The zero-order valence-electron chi connectivity index (χ0n) is 10.1. The monoisotopic (exact) mass is 335 g/mol. The molecule has 1 heterocycles. The van der Waals surface area contributed by atoms with E-state index >= 15 is 0 Å². The Morgan fingerprint density at radius 2 is 1.86 bits per heavy atom. The Morgan fingerprint density at radius 3 is 2.38 bits per heavy atom. The van der Waals surface area contributed by atoms with Crippen molar-refractivity contribution in [1.82, 2.24) is 4.98 Å². The van der Waals surface area contributed by atoms with Crippen LogP contribution >= 0.6 is 23.2 Å². The normalized spacial score (nSPS) is 11.5. The summed E-state index contributed by atoms with van der Waals surface area (Å²) in [5.74, 6) is -1.70. The summed E-state index contributed by atoms with van der Waals surface area (Å²) in [4.78, 5) is 14.6. The lowest BCUT2D eigenvalue weighted by Gasteiger charge is -2.15. The molecule has 21 heavy (non-hydrogen) atoms. The second-order valence-corrected chi connectivity index (χ2v) is 4.85. The molecule has 0 spiro atoms. The molecule has 1 aromatic carbocycles. The number of carboxylic acids is 1. The number of pyridine rings is 1. The minimum absolute atomic E-state index is 0.0449. The molecule has 0 radical (unpaired) electrons. The van der Waals surface area contributed by atoms with Gasteiger partial charge in [-0.25, -0.2) is 4.79 Å². The molecule has 0 amide bonds. The Kier molecular flexibility index (Phi) is 4.11. The summed E-state index contributed by atoms with van der Waals surface area (Å²) >= 11 is 11.6. The van der Waals surface area contributed by atoms with Crippen LogP contribution in [0.1, 0.15) is 15.9 Å². The highest BCUT2D eigenvalue weighted by Gasteiger charge is 2.39. The Hall–Kier alpha value is -1.79. The van der Waals surface area contributed by atoms with Gasteiger partial charge in [-0.15, -0.1) is 0 Å². The highest BCUT2D eigenvalue weighted by molar-refractivity contribution is 6.36. The van der Waals surface area contributed by atoms with Gasteiger partial charge in [-0.1, -0.05) is 23.2 Å². The Labute approximate surface area is 126 Å². The molecule has 2 rings (SSSR count). The number of alkyl halides is 3. The molecule has 0 aliphatic carbocycles. The van der Waals surface area contributed by atoms with E-state index in [1.165, 1.54) is 18.2 Å². The molecule has 3 nitrogen and oxygen atoms in total. The topological polar surface area (TPSA) is 50.2 Å². The van der Waals surface area contributed by atoms with E-state index < -0.39 is 29.0 Å². The van der Waals surface area contributed by atoms with Crippen LogP contribution in [0.2, 0.25) is 10.0 Å². The lowest BCUT2D eigenvalue weighted by Crippen LogP contribution is -2.15. The number of carbonyl (C=O) groups is 1. The summed E-state index contributed by atoms with van der Waals surface area (Å²) in [6.45, 7) is 0. The number of nitrogens with zero attached hydrogens (tertiary/aromatic N) is 1. The zero-order valence-corrected chi connectivity index (χ0v) is 11.6. The van der Waals surface area contributed by atoms with Crippen molar-refractivity contribution in [2.24, 2.45) is 0 Å². The SMILES string of the molecule is O=C(O)c1ccnc(-c2ccc(Cl)cc2Cl)c1C(F)(F)F. The van der Waals surface area contributed by atoms with Crippen LogP contribution in [0, 0.1) is 0 Å². The number of rotatable bonds is 2. The van der Waals surface area contributed by atoms with E-state index in [0.29, 0.717) is 0 Å². The average Bonchev–Trinajstić information content (AvgIpc) is 2.36. The van der Waals surface area contributed by atoms with Crippen LogP contribution in [0.4, 0.5) is 13.2 Å². The van der Waals surface area contributed by atoms with Gasteiger partial charge in [-0.3, -0.25) is 4.98 Å². The van der Waals surface area contributed by atoms with E-state index in [1.807, 2.05) is 0 Å². The quantitative estimate of drug-likeness (QED) is 0.859. The maximum atomic E-state index is 13.2. The molecule has 0 saturated carbocycles. The minimum atomic E-state index is -4.89. The van der Waals surface area contributed by atoms with E-state index in [1.54, 1.807) is 0 Å². The summed E-state index contributed by atoms with van der Waals surface area (Å²) in [5, 5.41) is 9.12. The molecule has 0 aliphatic heterocycles. The van der Waals surface area contributed by atoms with Crippen molar-refractivity contribution in [2.75, 3.05) is 0 Å². The second kappa shape index (κ2) is 5.54. The van der Waals surface area contributed by atoms with Crippen molar-refractivity contribution in [3.8, 4) is 11.3 Å². The van der Waals surface area contributed by atoms with Crippen molar-refractivity contribution < 1.29 is 23.1 Å². The molecule has 2 aromatic rings. The lowest BCUT2D eigenvalue weighted by molar-refractivity contribution is -0.137. The number of aromatic carboxylic acids is 1. The van der Waals surface area contributed by atoms with E-state index in [-0.39, 0.29) is 15.6 Å². The van der Waals surface area contributed by atoms with Crippen molar-refractivity contribution in [3.05, 3.63) is 51.6 Å². The number of hydrogen-bond acceptors (Lipinski definition) is 2. The summed E-state index contributed by atoms with van der Waals surface area (Å²) in [6.07, 6.45) is -3.90. The maximum Gasteiger partial charge on any atom is 0.419 e. The fourth-order valence-electron chi connectivity index (χ4n) is 1.81. The third-order valence-electron chi connectivity index (χ3n) is 2.65. The molecule has 0 fully saturated rings. The van der Waals surface area contributed by atoms with Gasteiger partial charge < -0.3 is 5.11 Å². The number of benzene rings is 1. The Morgan fingerprint density at radius 1 is 1.19 bits per heavy atom. The fraction of sp³-hybridized carbons (Fsp3) is 0.0769. The van der Waals surface area contributed by atoms with Crippen LogP contribution in [0.3, 0.4) is 0 Å². The molecule has 0 bridgehead atoms. The van der Waals surface area contributed by atoms with Crippen molar-refractivity contribution in [3.63, 3.8) is 0 Å². The van der Waals surface area contributed by atoms with Gasteiger partial charge >= 0.3 is 12.1 Å². The van der Waals surface area contributed by atoms with Crippen molar-refractivity contribution >= 4 is 29.2 Å².